The molecule has 1 saturated heterocycles. The third-order valence-corrected chi connectivity index (χ3v) is 4.91. The van der Waals surface area contributed by atoms with Gasteiger partial charge in [0.15, 0.2) is 0 Å². The Kier molecular flexibility index (Phi) is 5.06. The topological polar surface area (TPSA) is 87.5 Å². The molecule has 1 aromatic rings. The number of carbonyl (C=O) groups is 2. The third-order valence-electron chi connectivity index (χ3n) is 4.91. The van der Waals surface area contributed by atoms with Crippen molar-refractivity contribution in [2.75, 3.05) is 19.6 Å². The van der Waals surface area contributed by atoms with E-state index in [1.165, 1.54) is 12.8 Å². The number of fused-ring (bicyclic) bond motifs is 1. The predicted octanol–water partition coefficient (Wildman–Crippen LogP) is 1.51. The number of carboxylic acids is 1. The molecule has 7 nitrogen and oxygen atoms in total. The first-order chi connectivity index (χ1) is 11.5. The lowest BCUT2D eigenvalue weighted by atomic mass is 9.91. The number of aliphatic carboxylic acids is 1. The Bertz CT molecular complexity index is 589. The van der Waals surface area contributed by atoms with E-state index in [1.54, 1.807) is 4.90 Å². The van der Waals surface area contributed by atoms with Crippen LogP contribution in [-0.2, 0) is 24.2 Å². The molecule has 2 N–H and O–H groups in total. The number of nitrogens with one attached hydrogen (secondary N) is 1. The largest absolute Gasteiger partial charge is 0.481 e. The summed E-state index contributed by atoms with van der Waals surface area (Å²) >= 11 is 0. The first kappa shape index (κ1) is 16.8. The second-order valence-corrected chi connectivity index (χ2v) is 7.06. The van der Waals surface area contributed by atoms with Crippen molar-refractivity contribution in [1.82, 2.24) is 19.8 Å². The highest BCUT2D eigenvalue weighted by Crippen LogP contribution is 2.21. The summed E-state index contributed by atoms with van der Waals surface area (Å²) < 4.78 is 2.21. The van der Waals surface area contributed by atoms with E-state index in [1.807, 2.05) is 6.92 Å². The van der Waals surface area contributed by atoms with E-state index in [9.17, 15) is 14.7 Å². The standard InChI is InChI=1S/C17H26N4O3/c1-12-8-13(16(22)23)10-21(9-12)17(24)18-6-5-14-11-20-7-3-2-4-15(20)19-14/h11-13H,2-10H2,1H3,(H,18,24)(H,22,23). The second-order valence-electron chi connectivity index (χ2n) is 7.06. The SMILES string of the molecule is CC1CC(C(=O)O)CN(C(=O)NCCc2cn3c(n2)CCCC3)C1. The van der Waals surface area contributed by atoms with Crippen molar-refractivity contribution in [3.8, 4) is 0 Å². The van der Waals surface area contributed by atoms with E-state index >= 15 is 0 Å². The van der Waals surface area contributed by atoms with E-state index < -0.39 is 11.9 Å². The highest BCUT2D eigenvalue weighted by atomic mass is 16.4. The van der Waals surface area contributed by atoms with Crippen LogP contribution in [0.25, 0.3) is 0 Å². The number of likely N-dealkylation sites (tertiary alicyclic amines) is 1. The van der Waals surface area contributed by atoms with Gasteiger partial charge >= 0.3 is 12.0 Å². The van der Waals surface area contributed by atoms with E-state index in [2.05, 4.69) is 21.1 Å². The fourth-order valence-electron chi connectivity index (χ4n) is 3.70. The summed E-state index contributed by atoms with van der Waals surface area (Å²) in [5.41, 5.74) is 1.02. The first-order valence-corrected chi connectivity index (χ1v) is 8.83. The molecule has 132 valence electrons. The number of aryl methyl sites for hydroxylation is 2. The van der Waals surface area contributed by atoms with Gasteiger partial charge in [-0.05, 0) is 25.2 Å². The molecule has 2 aliphatic heterocycles. The van der Waals surface area contributed by atoms with Gasteiger partial charge in [-0.3, -0.25) is 4.79 Å². The van der Waals surface area contributed by atoms with Crippen molar-refractivity contribution in [3.05, 3.63) is 17.7 Å². The van der Waals surface area contributed by atoms with Gasteiger partial charge < -0.3 is 19.9 Å². The van der Waals surface area contributed by atoms with Gasteiger partial charge in [0.05, 0.1) is 11.6 Å². The summed E-state index contributed by atoms with van der Waals surface area (Å²) in [7, 11) is 0. The second kappa shape index (κ2) is 7.23. The molecule has 3 heterocycles. The number of nitrogens with zero attached hydrogens (tertiary/aromatic N) is 3. The van der Waals surface area contributed by atoms with Gasteiger partial charge in [0.25, 0.3) is 0 Å². The quantitative estimate of drug-likeness (QED) is 0.874. The van der Waals surface area contributed by atoms with Crippen molar-refractivity contribution >= 4 is 12.0 Å². The zero-order valence-electron chi connectivity index (χ0n) is 14.2. The lowest BCUT2D eigenvalue weighted by molar-refractivity contribution is -0.143. The molecule has 2 atom stereocenters. The number of hydrogen-bond acceptors (Lipinski definition) is 3. The lowest BCUT2D eigenvalue weighted by Crippen LogP contribution is -2.49. The van der Waals surface area contributed by atoms with Gasteiger partial charge in [-0.25, -0.2) is 9.78 Å². The van der Waals surface area contributed by atoms with Crippen LogP contribution in [0.5, 0.6) is 0 Å². The molecule has 0 aliphatic carbocycles. The number of carbonyl (C=O) groups excluding carboxylic acids is 1. The van der Waals surface area contributed by atoms with Crippen LogP contribution in [0.15, 0.2) is 6.20 Å². The van der Waals surface area contributed by atoms with Crippen molar-refractivity contribution in [3.63, 3.8) is 0 Å². The fourth-order valence-corrected chi connectivity index (χ4v) is 3.70. The van der Waals surface area contributed by atoms with Gasteiger partial charge in [-0.2, -0.15) is 0 Å². The summed E-state index contributed by atoms with van der Waals surface area (Å²) in [5.74, 6) is 0.0875. The van der Waals surface area contributed by atoms with Gasteiger partial charge in [0.1, 0.15) is 5.82 Å². The molecule has 0 bridgehead atoms. The highest BCUT2D eigenvalue weighted by molar-refractivity contribution is 5.76. The summed E-state index contributed by atoms with van der Waals surface area (Å²) in [6.45, 7) is 4.47. The van der Waals surface area contributed by atoms with Crippen LogP contribution in [0.1, 0.15) is 37.7 Å². The van der Waals surface area contributed by atoms with Crippen LogP contribution in [0.4, 0.5) is 4.79 Å². The maximum Gasteiger partial charge on any atom is 0.317 e. The summed E-state index contributed by atoms with van der Waals surface area (Å²) in [4.78, 5) is 29.7. The highest BCUT2D eigenvalue weighted by Gasteiger charge is 2.31. The lowest BCUT2D eigenvalue weighted by Gasteiger charge is -2.34. The molecule has 3 rings (SSSR count). The average Bonchev–Trinajstić information content (AvgIpc) is 2.96. The number of hydrogen-bond donors (Lipinski definition) is 2. The molecule has 0 spiro atoms. The Morgan fingerprint density at radius 3 is 2.96 bits per heavy atom. The molecule has 0 radical (unpaired) electrons. The van der Waals surface area contributed by atoms with Crippen LogP contribution in [-0.4, -0.2) is 51.2 Å². The number of carboxylic acid groups (broad SMARTS) is 1. The van der Waals surface area contributed by atoms with Crippen LogP contribution in [0.3, 0.4) is 0 Å². The Labute approximate surface area is 142 Å². The van der Waals surface area contributed by atoms with Crippen LogP contribution >= 0.6 is 0 Å². The number of aromatic nitrogens is 2. The van der Waals surface area contributed by atoms with Crippen LogP contribution in [0, 0.1) is 11.8 Å². The van der Waals surface area contributed by atoms with Crippen molar-refractivity contribution in [2.24, 2.45) is 11.8 Å². The molecule has 24 heavy (non-hydrogen) atoms. The van der Waals surface area contributed by atoms with Crippen molar-refractivity contribution in [1.29, 1.82) is 0 Å². The van der Waals surface area contributed by atoms with Crippen molar-refractivity contribution < 1.29 is 14.7 Å². The average molecular weight is 334 g/mol. The van der Waals surface area contributed by atoms with E-state index in [-0.39, 0.29) is 11.9 Å². The molecule has 1 aromatic heterocycles. The summed E-state index contributed by atoms with van der Waals surface area (Å²) in [6, 6.07) is -0.170. The number of urea groups is 1. The summed E-state index contributed by atoms with van der Waals surface area (Å²) in [6.07, 6.45) is 6.87. The molecule has 2 amide bonds. The maximum atomic E-state index is 12.3. The molecule has 7 heteroatoms. The minimum atomic E-state index is -0.817. The molecule has 0 saturated carbocycles. The number of piperidine rings is 1. The molecule has 2 aliphatic rings. The monoisotopic (exact) mass is 334 g/mol. The Morgan fingerprint density at radius 1 is 1.38 bits per heavy atom. The minimum absolute atomic E-state index is 0.170. The zero-order chi connectivity index (χ0) is 17.1. The van der Waals surface area contributed by atoms with Gasteiger partial charge in [0.2, 0.25) is 0 Å². The number of imidazole rings is 1. The Morgan fingerprint density at radius 2 is 2.21 bits per heavy atom. The molecular weight excluding hydrogens is 308 g/mol. The third kappa shape index (κ3) is 3.88. The number of rotatable bonds is 4. The first-order valence-electron chi connectivity index (χ1n) is 8.83. The predicted molar refractivity (Wildman–Crippen MR) is 88.7 cm³/mol. The zero-order valence-corrected chi connectivity index (χ0v) is 14.2. The van der Waals surface area contributed by atoms with E-state index in [0.717, 1.165) is 24.5 Å². The number of amides is 2. The Hall–Kier alpha value is -2.05. The smallest absolute Gasteiger partial charge is 0.317 e. The normalized spacial score (nSPS) is 23.6. The Balaban J connectivity index is 1.48. The molecule has 0 aromatic carbocycles. The van der Waals surface area contributed by atoms with Crippen molar-refractivity contribution in [2.45, 2.75) is 45.6 Å². The fraction of sp³-hybridized carbons (Fsp3) is 0.706. The van der Waals surface area contributed by atoms with E-state index in [4.69, 9.17) is 0 Å². The van der Waals surface area contributed by atoms with E-state index in [0.29, 0.717) is 32.5 Å². The molecule has 2 unspecified atom stereocenters. The maximum absolute atomic E-state index is 12.3. The van der Waals surface area contributed by atoms with Gasteiger partial charge in [-0.15, -0.1) is 0 Å². The molecule has 1 fully saturated rings. The minimum Gasteiger partial charge on any atom is -0.481 e. The van der Waals surface area contributed by atoms with Gasteiger partial charge in [-0.1, -0.05) is 6.92 Å². The van der Waals surface area contributed by atoms with Crippen LogP contribution < -0.4 is 5.32 Å². The van der Waals surface area contributed by atoms with Gasteiger partial charge in [0, 0.05) is 45.2 Å². The molecular formula is C17H26N4O3. The summed E-state index contributed by atoms with van der Waals surface area (Å²) in [5, 5.41) is 12.1. The van der Waals surface area contributed by atoms with Crippen LogP contribution in [0.2, 0.25) is 0 Å².